The quantitative estimate of drug-likeness (QED) is 0.441. The molecule has 0 aliphatic heterocycles. The van der Waals surface area contributed by atoms with Gasteiger partial charge in [-0.1, -0.05) is 25.6 Å². The van der Waals surface area contributed by atoms with Crippen molar-refractivity contribution in [2.45, 2.75) is 35.8 Å². The summed E-state index contributed by atoms with van der Waals surface area (Å²) in [5.41, 5.74) is 0.0775. The maximum Gasteiger partial charge on any atom is 0.433 e. The third kappa shape index (κ3) is 4.70. The van der Waals surface area contributed by atoms with E-state index in [2.05, 4.69) is 19.9 Å². The van der Waals surface area contributed by atoms with Gasteiger partial charge in [-0.2, -0.15) is 17.5 Å². The van der Waals surface area contributed by atoms with Crippen LogP contribution >= 0.6 is 11.8 Å². The summed E-state index contributed by atoms with van der Waals surface area (Å²) in [4.78, 5) is 14.8. The summed E-state index contributed by atoms with van der Waals surface area (Å²) in [5, 5.41) is -0.0231. The van der Waals surface area contributed by atoms with E-state index in [1.165, 1.54) is 16.4 Å². The molecule has 0 spiro atoms. The number of hydrogen-bond acceptors (Lipinski definition) is 6. The number of hydrogen-bond donors (Lipinski definition) is 1. The summed E-state index contributed by atoms with van der Waals surface area (Å²) in [5.74, 6) is 0.678. The van der Waals surface area contributed by atoms with Crippen molar-refractivity contribution in [2.75, 3.05) is 13.1 Å². The smallest absolute Gasteiger partial charge is 0.341 e. The van der Waals surface area contributed by atoms with Crippen LogP contribution in [0.15, 0.2) is 40.5 Å². The Balaban J connectivity index is 1.81. The zero-order chi connectivity index (χ0) is 21.2. The first-order valence-electron chi connectivity index (χ1n) is 8.67. The van der Waals surface area contributed by atoms with Crippen molar-refractivity contribution in [3.63, 3.8) is 0 Å². The monoisotopic (exact) mass is 445 g/mol. The first-order chi connectivity index (χ1) is 13.6. The number of halogens is 3. The normalized spacial score (nSPS) is 12.8. The van der Waals surface area contributed by atoms with Gasteiger partial charge < -0.3 is 4.98 Å². The second-order valence-corrected chi connectivity index (χ2v) is 8.84. The highest BCUT2D eigenvalue weighted by Crippen LogP contribution is 2.29. The molecule has 0 bridgehead atoms. The van der Waals surface area contributed by atoms with Crippen LogP contribution in [0.2, 0.25) is 0 Å². The number of aromatic nitrogens is 4. The van der Waals surface area contributed by atoms with Crippen LogP contribution in [0.3, 0.4) is 0 Å². The van der Waals surface area contributed by atoms with Gasteiger partial charge in [-0.05, 0) is 24.3 Å². The van der Waals surface area contributed by atoms with E-state index in [4.69, 9.17) is 0 Å². The van der Waals surface area contributed by atoms with Crippen molar-refractivity contribution in [1.82, 2.24) is 24.2 Å². The molecular formula is C17H18F3N5O2S2. The Morgan fingerprint density at radius 3 is 2.52 bits per heavy atom. The molecule has 2 heterocycles. The average molecular weight is 445 g/mol. The van der Waals surface area contributed by atoms with Gasteiger partial charge in [0.2, 0.25) is 10.0 Å². The van der Waals surface area contributed by atoms with E-state index in [9.17, 15) is 21.6 Å². The SMILES string of the molecule is CCN(CC)S(=O)(=O)c1ccc2nc(CSc3nccc(C(F)(F)F)n3)[nH]c2c1. The number of rotatable bonds is 7. The van der Waals surface area contributed by atoms with Crippen LogP contribution in [0.5, 0.6) is 0 Å². The molecule has 3 rings (SSSR count). The van der Waals surface area contributed by atoms with Crippen molar-refractivity contribution in [1.29, 1.82) is 0 Å². The van der Waals surface area contributed by atoms with Crippen molar-refractivity contribution < 1.29 is 21.6 Å². The third-order valence-electron chi connectivity index (χ3n) is 4.11. The first-order valence-corrected chi connectivity index (χ1v) is 11.1. The van der Waals surface area contributed by atoms with Gasteiger partial charge in [-0.25, -0.2) is 23.4 Å². The van der Waals surface area contributed by atoms with Gasteiger partial charge in [0.25, 0.3) is 0 Å². The second kappa shape index (κ2) is 8.28. The minimum atomic E-state index is -4.54. The number of fused-ring (bicyclic) bond motifs is 1. The Labute approximate surface area is 169 Å². The lowest BCUT2D eigenvalue weighted by molar-refractivity contribution is -0.141. The van der Waals surface area contributed by atoms with Gasteiger partial charge in [-0.15, -0.1) is 0 Å². The van der Waals surface area contributed by atoms with Crippen molar-refractivity contribution in [3.05, 3.63) is 42.0 Å². The van der Waals surface area contributed by atoms with Gasteiger partial charge in [-0.3, -0.25) is 0 Å². The highest BCUT2D eigenvalue weighted by molar-refractivity contribution is 7.98. The lowest BCUT2D eigenvalue weighted by Gasteiger charge is -2.18. The van der Waals surface area contributed by atoms with Crippen LogP contribution in [0.25, 0.3) is 11.0 Å². The van der Waals surface area contributed by atoms with E-state index in [1.807, 2.05) is 0 Å². The van der Waals surface area contributed by atoms with Gasteiger partial charge in [0.05, 0.1) is 21.7 Å². The average Bonchev–Trinajstić information content (AvgIpc) is 3.09. The number of H-pyrrole nitrogens is 1. The zero-order valence-corrected chi connectivity index (χ0v) is 17.2. The molecule has 0 radical (unpaired) electrons. The molecule has 0 aliphatic carbocycles. The number of nitrogens with one attached hydrogen (secondary N) is 1. The molecule has 0 amide bonds. The van der Waals surface area contributed by atoms with E-state index < -0.39 is 21.9 Å². The lowest BCUT2D eigenvalue weighted by Crippen LogP contribution is -2.30. The summed E-state index contributed by atoms with van der Waals surface area (Å²) in [6.45, 7) is 4.25. The first kappa shape index (κ1) is 21.5. The highest BCUT2D eigenvalue weighted by Gasteiger charge is 2.32. The molecule has 7 nitrogen and oxygen atoms in total. The number of aromatic amines is 1. The number of sulfonamides is 1. The van der Waals surface area contributed by atoms with E-state index in [-0.39, 0.29) is 15.8 Å². The van der Waals surface area contributed by atoms with E-state index >= 15 is 0 Å². The number of benzene rings is 1. The predicted octanol–water partition coefficient (Wildman–Crippen LogP) is 3.69. The lowest BCUT2D eigenvalue weighted by atomic mass is 10.3. The molecule has 0 saturated heterocycles. The molecule has 0 fully saturated rings. The van der Waals surface area contributed by atoms with Crippen LogP contribution in [0.1, 0.15) is 25.4 Å². The fourth-order valence-electron chi connectivity index (χ4n) is 2.68. The molecule has 0 aliphatic rings. The Kier molecular flexibility index (Phi) is 6.15. The zero-order valence-electron chi connectivity index (χ0n) is 15.6. The Hall–Kier alpha value is -2.18. The van der Waals surface area contributed by atoms with Gasteiger partial charge in [0.1, 0.15) is 11.5 Å². The summed E-state index contributed by atoms with van der Waals surface area (Å²) >= 11 is 0.998. The Morgan fingerprint density at radius 1 is 1.14 bits per heavy atom. The van der Waals surface area contributed by atoms with Crippen LogP contribution in [-0.4, -0.2) is 45.7 Å². The minimum absolute atomic E-state index is 0.0231. The molecule has 12 heteroatoms. The van der Waals surface area contributed by atoms with E-state index in [1.54, 1.807) is 19.9 Å². The summed E-state index contributed by atoms with van der Waals surface area (Å²) < 4.78 is 64.9. The van der Waals surface area contributed by atoms with Crippen molar-refractivity contribution in [2.24, 2.45) is 0 Å². The molecule has 1 aromatic carbocycles. The minimum Gasteiger partial charge on any atom is -0.341 e. The summed E-state index contributed by atoms with van der Waals surface area (Å²) in [7, 11) is -3.60. The second-order valence-electron chi connectivity index (χ2n) is 5.96. The highest BCUT2D eigenvalue weighted by atomic mass is 32.2. The molecule has 0 atom stereocenters. The van der Waals surface area contributed by atoms with E-state index in [0.717, 1.165) is 24.0 Å². The fourth-order valence-corrected chi connectivity index (χ4v) is 4.87. The Morgan fingerprint density at radius 2 is 1.86 bits per heavy atom. The molecule has 1 N–H and O–H groups in total. The van der Waals surface area contributed by atoms with Crippen LogP contribution < -0.4 is 0 Å². The number of alkyl halides is 3. The van der Waals surface area contributed by atoms with Crippen LogP contribution in [0, 0.1) is 0 Å². The maximum atomic E-state index is 12.7. The van der Waals surface area contributed by atoms with Gasteiger partial charge >= 0.3 is 6.18 Å². The van der Waals surface area contributed by atoms with Crippen LogP contribution in [-0.2, 0) is 22.0 Å². The summed E-state index contributed by atoms with van der Waals surface area (Å²) in [6, 6.07) is 5.40. The Bertz CT molecular complexity index is 1110. The van der Waals surface area contributed by atoms with Crippen molar-refractivity contribution in [3.8, 4) is 0 Å². The van der Waals surface area contributed by atoms with Gasteiger partial charge in [0, 0.05) is 19.3 Å². The fraction of sp³-hybridized carbons (Fsp3) is 0.353. The standard InChI is InChI=1S/C17H18F3N5O2S2/c1-3-25(4-2)29(26,27)11-5-6-12-13(9-11)23-15(22-12)10-28-16-21-8-7-14(24-16)17(18,19)20/h5-9H,3-4,10H2,1-2H3,(H,22,23). The molecule has 0 unspecified atom stereocenters. The largest absolute Gasteiger partial charge is 0.433 e. The molecule has 3 aromatic rings. The maximum absolute atomic E-state index is 12.7. The molecule has 29 heavy (non-hydrogen) atoms. The molecular weight excluding hydrogens is 427 g/mol. The van der Waals surface area contributed by atoms with E-state index in [0.29, 0.717) is 29.9 Å². The summed E-state index contributed by atoms with van der Waals surface area (Å²) in [6.07, 6.45) is -3.48. The number of imidazole rings is 1. The van der Waals surface area contributed by atoms with Crippen LogP contribution in [0.4, 0.5) is 13.2 Å². The molecule has 156 valence electrons. The van der Waals surface area contributed by atoms with Crippen molar-refractivity contribution >= 4 is 32.8 Å². The predicted molar refractivity (Wildman–Crippen MR) is 103 cm³/mol. The topological polar surface area (TPSA) is 91.8 Å². The number of thioether (sulfide) groups is 1. The van der Waals surface area contributed by atoms with Gasteiger partial charge in [0.15, 0.2) is 5.16 Å². The molecule has 0 saturated carbocycles. The third-order valence-corrected chi connectivity index (χ3v) is 7.03. The number of nitrogens with zero attached hydrogens (tertiary/aromatic N) is 4. The molecule has 2 aromatic heterocycles.